The molecule has 0 radical (unpaired) electrons. The minimum Gasteiger partial charge on any atom is -0.490 e. The van der Waals surface area contributed by atoms with Gasteiger partial charge in [-0.25, -0.2) is 4.98 Å². The van der Waals surface area contributed by atoms with Gasteiger partial charge < -0.3 is 4.74 Å². The predicted octanol–water partition coefficient (Wildman–Crippen LogP) is 2.22. The first-order valence-electron chi connectivity index (χ1n) is 4.44. The predicted molar refractivity (Wildman–Crippen MR) is 54.4 cm³/mol. The monoisotopic (exact) mass is 206 g/mol. The molecule has 1 aromatic rings. The van der Waals surface area contributed by atoms with Crippen LogP contribution in [-0.4, -0.2) is 17.3 Å². The molecule has 1 aliphatic carbocycles. The summed E-state index contributed by atoms with van der Waals surface area (Å²) < 4.78 is 5.61. The lowest BCUT2D eigenvalue weighted by atomic mass is 10.3. The summed E-state index contributed by atoms with van der Waals surface area (Å²) in [7, 11) is 0. The average molecular weight is 206 g/mol. The lowest BCUT2D eigenvalue weighted by molar-refractivity contribution is 0.302. The highest BCUT2D eigenvalue weighted by molar-refractivity contribution is 7.98. The van der Waals surface area contributed by atoms with Gasteiger partial charge in [0, 0.05) is 12.1 Å². The van der Waals surface area contributed by atoms with Crippen LogP contribution in [0.3, 0.4) is 0 Å². The van der Waals surface area contributed by atoms with Gasteiger partial charge in [0.15, 0.2) is 0 Å². The van der Waals surface area contributed by atoms with Gasteiger partial charge in [0.1, 0.15) is 22.5 Å². The fourth-order valence-electron chi connectivity index (χ4n) is 1.09. The van der Waals surface area contributed by atoms with Crippen LogP contribution in [0.1, 0.15) is 18.5 Å². The number of hydrogen-bond acceptors (Lipinski definition) is 4. The van der Waals surface area contributed by atoms with Gasteiger partial charge in [-0.2, -0.15) is 5.26 Å². The van der Waals surface area contributed by atoms with Crippen molar-refractivity contribution in [1.82, 2.24) is 4.98 Å². The topological polar surface area (TPSA) is 45.9 Å². The molecule has 72 valence electrons. The van der Waals surface area contributed by atoms with Crippen molar-refractivity contribution in [3.63, 3.8) is 0 Å². The molecule has 3 nitrogen and oxygen atoms in total. The van der Waals surface area contributed by atoms with Crippen LogP contribution in [0.15, 0.2) is 17.2 Å². The average Bonchev–Trinajstić information content (AvgIpc) is 3.01. The Balaban J connectivity index is 2.24. The van der Waals surface area contributed by atoms with E-state index in [1.807, 2.05) is 18.4 Å². The Morgan fingerprint density at radius 2 is 2.36 bits per heavy atom. The van der Waals surface area contributed by atoms with Crippen LogP contribution in [0, 0.1) is 11.3 Å². The summed E-state index contributed by atoms with van der Waals surface area (Å²) in [6.07, 6.45) is 4.54. The van der Waals surface area contributed by atoms with Crippen LogP contribution in [0.25, 0.3) is 0 Å². The molecule has 0 amide bonds. The molecule has 4 heteroatoms. The zero-order valence-electron chi connectivity index (χ0n) is 7.86. The molecule has 0 aromatic carbocycles. The van der Waals surface area contributed by atoms with E-state index in [0.717, 1.165) is 23.6 Å². The maximum atomic E-state index is 8.75. The first-order chi connectivity index (χ1) is 6.81. The highest BCUT2D eigenvalue weighted by atomic mass is 32.2. The molecule has 0 N–H and O–H groups in total. The van der Waals surface area contributed by atoms with Gasteiger partial charge in [-0.05, 0) is 19.1 Å². The Labute approximate surface area is 87.1 Å². The molecule has 0 aliphatic heterocycles. The largest absolute Gasteiger partial charge is 0.490 e. The number of ether oxygens (including phenoxy) is 1. The standard InChI is InChI=1S/C10H10N2OS/c1-14-10-5-9(13-8-2-3-8)4-7(6-11)12-10/h4-5,8H,2-3H2,1H3. The van der Waals surface area contributed by atoms with Gasteiger partial charge in [0.05, 0.1) is 6.10 Å². The molecule has 0 bridgehead atoms. The van der Waals surface area contributed by atoms with E-state index in [4.69, 9.17) is 10.00 Å². The van der Waals surface area contributed by atoms with E-state index in [-0.39, 0.29) is 0 Å². The molecule has 1 aromatic heterocycles. The van der Waals surface area contributed by atoms with Crippen LogP contribution in [-0.2, 0) is 0 Å². The third-order valence-electron chi connectivity index (χ3n) is 1.93. The minimum atomic E-state index is 0.360. The van der Waals surface area contributed by atoms with Crippen LogP contribution >= 0.6 is 11.8 Å². The first kappa shape index (κ1) is 9.35. The second kappa shape index (κ2) is 3.89. The third kappa shape index (κ3) is 2.18. The van der Waals surface area contributed by atoms with E-state index in [0.29, 0.717) is 11.8 Å². The van der Waals surface area contributed by atoms with Gasteiger partial charge in [0.2, 0.25) is 0 Å². The van der Waals surface area contributed by atoms with Crippen molar-refractivity contribution in [1.29, 1.82) is 5.26 Å². The molecule has 0 unspecified atom stereocenters. The van der Waals surface area contributed by atoms with E-state index < -0.39 is 0 Å². The number of rotatable bonds is 3. The number of nitriles is 1. The van der Waals surface area contributed by atoms with Crippen LogP contribution in [0.5, 0.6) is 5.75 Å². The van der Waals surface area contributed by atoms with Gasteiger partial charge in [0.25, 0.3) is 0 Å². The quantitative estimate of drug-likeness (QED) is 0.711. The molecular weight excluding hydrogens is 196 g/mol. The number of nitrogens with zero attached hydrogens (tertiary/aromatic N) is 2. The molecular formula is C10H10N2OS. The normalized spacial score (nSPS) is 14.9. The molecule has 1 saturated carbocycles. The second-order valence-electron chi connectivity index (χ2n) is 3.16. The molecule has 0 atom stereocenters. The zero-order chi connectivity index (χ0) is 9.97. The van der Waals surface area contributed by atoms with Crippen molar-refractivity contribution in [3.8, 4) is 11.8 Å². The van der Waals surface area contributed by atoms with E-state index in [1.54, 1.807) is 6.07 Å². The van der Waals surface area contributed by atoms with Crippen LogP contribution < -0.4 is 4.74 Å². The van der Waals surface area contributed by atoms with Gasteiger partial charge in [-0.3, -0.25) is 0 Å². The molecule has 0 saturated heterocycles. The van der Waals surface area contributed by atoms with Crippen LogP contribution in [0.4, 0.5) is 0 Å². The Hall–Kier alpha value is -1.21. The maximum absolute atomic E-state index is 8.75. The molecule has 0 spiro atoms. The van der Waals surface area contributed by atoms with Crippen molar-refractivity contribution in [2.45, 2.75) is 24.0 Å². The Morgan fingerprint density at radius 3 is 2.93 bits per heavy atom. The summed E-state index contributed by atoms with van der Waals surface area (Å²) in [5, 5.41) is 9.59. The fourth-order valence-corrected chi connectivity index (χ4v) is 1.51. The van der Waals surface area contributed by atoms with Gasteiger partial charge in [-0.1, -0.05) is 0 Å². The number of hydrogen-bond donors (Lipinski definition) is 0. The van der Waals surface area contributed by atoms with Crippen molar-refractivity contribution in [2.24, 2.45) is 0 Å². The van der Waals surface area contributed by atoms with E-state index in [9.17, 15) is 0 Å². The molecule has 1 fully saturated rings. The molecule has 1 aliphatic rings. The number of thioether (sulfide) groups is 1. The first-order valence-corrected chi connectivity index (χ1v) is 5.67. The number of pyridine rings is 1. The summed E-state index contributed by atoms with van der Waals surface area (Å²) in [5.41, 5.74) is 0.424. The van der Waals surface area contributed by atoms with Gasteiger partial charge in [-0.15, -0.1) is 11.8 Å². The molecule has 14 heavy (non-hydrogen) atoms. The Morgan fingerprint density at radius 1 is 1.57 bits per heavy atom. The van der Waals surface area contributed by atoms with Crippen LogP contribution in [0.2, 0.25) is 0 Å². The van der Waals surface area contributed by atoms with E-state index in [1.165, 1.54) is 11.8 Å². The Kier molecular flexibility index (Phi) is 2.60. The molecule has 1 heterocycles. The SMILES string of the molecule is CSc1cc(OC2CC2)cc(C#N)n1. The fraction of sp³-hybridized carbons (Fsp3) is 0.400. The van der Waals surface area contributed by atoms with Gasteiger partial charge >= 0.3 is 0 Å². The van der Waals surface area contributed by atoms with Crippen molar-refractivity contribution >= 4 is 11.8 Å². The number of aromatic nitrogens is 1. The smallest absolute Gasteiger partial charge is 0.145 e. The Bertz CT molecular complexity index is 382. The van der Waals surface area contributed by atoms with E-state index in [2.05, 4.69) is 4.98 Å². The highest BCUT2D eigenvalue weighted by Crippen LogP contribution is 2.28. The van der Waals surface area contributed by atoms with Crippen molar-refractivity contribution < 1.29 is 4.74 Å². The lowest BCUT2D eigenvalue weighted by Crippen LogP contribution is -1.97. The second-order valence-corrected chi connectivity index (χ2v) is 3.99. The summed E-state index contributed by atoms with van der Waals surface area (Å²) in [6.45, 7) is 0. The molecule has 2 rings (SSSR count). The zero-order valence-corrected chi connectivity index (χ0v) is 8.67. The summed E-state index contributed by atoms with van der Waals surface area (Å²) >= 11 is 1.52. The summed E-state index contributed by atoms with van der Waals surface area (Å²) in [5.74, 6) is 0.767. The highest BCUT2D eigenvalue weighted by Gasteiger charge is 2.23. The third-order valence-corrected chi connectivity index (χ3v) is 2.55. The summed E-state index contributed by atoms with van der Waals surface area (Å²) in [4.78, 5) is 4.12. The maximum Gasteiger partial charge on any atom is 0.145 e. The van der Waals surface area contributed by atoms with Crippen molar-refractivity contribution in [2.75, 3.05) is 6.26 Å². The summed E-state index contributed by atoms with van der Waals surface area (Å²) in [6, 6.07) is 5.60. The van der Waals surface area contributed by atoms with E-state index >= 15 is 0 Å². The minimum absolute atomic E-state index is 0.360. The lowest BCUT2D eigenvalue weighted by Gasteiger charge is -2.05. The van der Waals surface area contributed by atoms with Crippen molar-refractivity contribution in [3.05, 3.63) is 17.8 Å².